The van der Waals surface area contributed by atoms with E-state index in [1.165, 1.54) is 12.4 Å². The van der Waals surface area contributed by atoms with E-state index in [9.17, 15) is 0 Å². The first kappa shape index (κ1) is 24.8. The molecule has 8 N–H and O–H groups in total. The van der Waals surface area contributed by atoms with Crippen molar-refractivity contribution in [3.63, 3.8) is 0 Å². The summed E-state index contributed by atoms with van der Waals surface area (Å²) in [6.07, 6.45) is 3.86. The number of halogens is 4. The summed E-state index contributed by atoms with van der Waals surface area (Å²) in [7, 11) is 0. The second kappa shape index (κ2) is 10.5. The third-order valence-electron chi connectivity index (χ3n) is 2.56. The molecule has 2 aromatic heterocycles. The summed E-state index contributed by atoms with van der Waals surface area (Å²) in [6, 6.07) is 0. The maximum absolute atomic E-state index is 5.72. The van der Waals surface area contributed by atoms with Gasteiger partial charge >= 0.3 is 0 Å². The van der Waals surface area contributed by atoms with Crippen LogP contribution in [-0.2, 0) is 13.1 Å². The monoisotopic (exact) mass is 380 g/mol. The highest BCUT2D eigenvalue weighted by atomic mass is 35.5. The molecule has 0 aliphatic carbocycles. The third-order valence-corrected chi connectivity index (χ3v) is 2.56. The molecule has 124 valence electrons. The lowest BCUT2D eigenvalue weighted by Gasteiger charge is -2.06. The number of hydrogen-bond acceptors (Lipinski definition) is 6. The minimum absolute atomic E-state index is 0. The molecule has 0 saturated heterocycles. The second-order valence-electron chi connectivity index (χ2n) is 3.77. The molecule has 0 fully saturated rings. The maximum Gasteiger partial charge on any atom is 0.145 e. The Morgan fingerprint density at radius 1 is 0.714 bits per heavy atom. The predicted octanol–water partition coefficient (Wildman–Crippen LogP) is 1.19. The lowest BCUT2D eigenvalue weighted by Crippen LogP contribution is -2.10. The lowest BCUT2D eigenvalue weighted by atomic mass is 10.4. The zero-order valence-corrected chi connectivity index (χ0v) is 14.3. The van der Waals surface area contributed by atoms with Crippen molar-refractivity contribution < 1.29 is 0 Å². The molecule has 8 nitrogen and oxygen atoms in total. The fourth-order valence-corrected chi connectivity index (χ4v) is 1.55. The van der Waals surface area contributed by atoms with Gasteiger partial charge in [-0.15, -0.1) is 49.6 Å². The number of nitrogens with zero attached hydrogens (tertiary/aromatic N) is 4. The van der Waals surface area contributed by atoms with Gasteiger partial charge in [0.05, 0.1) is 23.8 Å². The van der Waals surface area contributed by atoms with Crippen LogP contribution in [0.1, 0.15) is 6.42 Å². The number of hydrogen-bond donors (Lipinski definition) is 4. The van der Waals surface area contributed by atoms with Gasteiger partial charge in [0.15, 0.2) is 0 Å². The molecule has 2 aromatic rings. The van der Waals surface area contributed by atoms with Crippen LogP contribution in [0.3, 0.4) is 0 Å². The molecular formula is C9H20Cl4N8. The summed E-state index contributed by atoms with van der Waals surface area (Å²) in [5.74, 6) is 0.968. The van der Waals surface area contributed by atoms with Gasteiger partial charge in [-0.3, -0.25) is 0 Å². The molecule has 2 heterocycles. The quantitative estimate of drug-likeness (QED) is 0.626. The number of rotatable bonds is 4. The summed E-state index contributed by atoms with van der Waals surface area (Å²) >= 11 is 0. The fraction of sp³-hybridized carbons (Fsp3) is 0.333. The van der Waals surface area contributed by atoms with Crippen molar-refractivity contribution in [2.75, 3.05) is 22.9 Å². The highest BCUT2D eigenvalue weighted by molar-refractivity contribution is 5.86. The normalized spacial score (nSPS) is 8.76. The number of aryl methyl sites for hydroxylation is 2. The third kappa shape index (κ3) is 5.58. The lowest BCUT2D eigenvalue weighted by molar-refractivity contribution is 0.509. The van der Waals surface area contributed by atoms with Crippen molar-refractivity contribution in [1.29, 1.82) is 0 Å². The summed E-state index contributed by atoms with van der Waals surface area (Å²) in [4.78, 5) is 0. The van der Waals surface area contributed by atoms with Gasteiger partial charge in [0.2, 0.25) is 0 Å². The number of anilines is 4. The van der Waals surface area contributed by atoms with E-state index in [0.29, 0.717) is 36.1 Å². The van der Waals surface area contributed by atoms with E-state index in [2.05, 4.69) is 10.2 Å². The van der Waals surface area contributed by atoms with Crippen LogP contribution < -0.4 is 22.9 Å². The molecule has 0 unspecified atom stereocenters. The highest BCUT2D eigenvalue weighted by Crippen LogP contribution is 2.15. The van der Waals surface area contributed by atoms with E-state index >= 15 is 0 Å². The van der Waals surface area contributed by atoms with Gasteiger partial charge in [-0.05, 0) is 6.42 Å². The van der Waals surface area contributed by atoms with Crippen LogP contribution in [-0.4, -0.2) is 19.6 Å². The van der Waals surface area contributed by atoms with Crippen molar-refractivity contribution in [1.82, 2.24) is 19.6 Å². The average molecular weight is 382 g/mol. The van der Waals surface area contributed by atoms with E-state index in [1.54, 1.807) is 9.36 Å². The zero-order valence-electron chi connectivity index (χ0n) is 11.0. The molecule has 0 bridgehead atoms. The van der Waals surface area contributed by atoms with Gasteiger partial charge in [-0.2, -0.15) is 10.2 Å². The Morgan fingerprint density at radius 3 is 1.29 bits per heavy atom. The van der Waals surface area contributed by atoms with E-state index in [4.69, 9.17) is 22.9 Å². The van der Waals surface area contributed by atoms with E-state index in [1.807, 2.05) is 0 Å². The Bertz CT molecular complexity index is 480. The molecule has 0 atom stereocenters. The van der Waals surface area contributed by atoms with Crippen LogP contribution in [0.4, 0.5) is 23.0 Å². The zero-order chi connectivity index (χ0) is 12.4. The molecule has 0 aliphatic heterocycles. The van der Waals surface area contributed by atoms with E-state index < -0.39 is 0 Å². The van der Waals surface area contributed by atoms with Crippen LogP contribution in [0, 0.1) is 0 Å². The van der Waals surface area contributed by atoms with Gasteiger partial charge < -0.3 is 22.9 Å². The minimum Gasteiger partial charge on any atom is -0.394 e. The average Bonchev–Trinajstić information content (AvgIpc) is 2.79. The molecular weight excluding hydrogens is 362 g/mol. The van der Waals surface area contributed by atoms with E-state index in [0.717, 1.165) is 6.42 Å². The number of aromatic nitrogens is 4. The Morgan fingerprint density at radius 2 is 1.05 bits per heavy atom. The Hall–Kier alpha value is -1.22. The highest BCUT2D eigenvalue weighted by Gasteiger charge is 2.06. The molecule has 0 saturated carbocycles. The molecule has 0 amide bonds. The van der Waals surface area contributed by atoms with Crippen molar-refractivity contribution in [2.45, 2.75) is 19.5 Å². The second-order valence-corrected chi connectivity index (χ2v) is 3.77. The Labute approximate surface area is 147 Å². The maximum atomic E-state index is 5.72. The minimum atomic E-state index is 0. The topological polar surface area (TPSA) is 140 Å². The standard InChI is InChI=1S/C9H16N8.4ClH/c10-6-4-14-16(8(6)12)2-1-3-17-9(13)7(11)5-15-17;;;;/h4-5H,1-3,10-13H2;4*1H. The molecule has 0 aromatic carbocycles. The summed E-state index contributed by atoms with van der Waals surface area (Å²) in [5, 5.41) is 8.11. The molecule has 0 aliphatic rings. The van der Waals surface area contributed by atoms with Crippen LogP contribution >= 0.6 is 49.6 Å². The first-order valence-corrected chi connectivity index (χ1v) is 5.23. The first-order valence-electron chi connectivity index (χ1n) is 5.23. The molecule has 21 heavy (non-hydrogen) atoms. The smallest absolute Gasteiger partial charge is 0.145 e. The summed E-state index contributed by atoms with van der Waals surface area (Å²) in [5.41, 5.74) is 23.6. The van der Waals surface area contributed by atoms with E-state index in [-0.39, 0.29) is 49.6 Å². The SMILES string of the molecule is Cl.Cl.Cl.Cl.Nc1cnn(CCCn2ncc(N)c2N)c1N. The van der Waals surface area contributed by atoms with Crippen molar-refractivity contribution >= 4 is 72.6 Å². The summed E-state index contributed by atoms with van der Waals surface area (Å²) in [6.45, 7) is 1.31. The number of nitrogens with two attached hydrogens (primary N) is 4. The van der Waals surface area contributed by atoms with Crippen LogP contribution in [0.2, 0.25) is 0 Å². The van der Waals surface area contributed by atoms with Gasteiger partial charge in [-0.1, -0.05) is 0 Å². The Kier molecular flexibility index (Phi) is 12.4. The summed E-state index contributed by atoms with van der Waals surface area (Å²) < 4.78 is 3.30. The first-order chi connectivity index (χ1) is 8.09. The van der Waals surface area contributed by atoms with Gasteiger partial charge in [0, 0.05) is 13.1 Å². The Balaban J connectivity index is -0.000000810. The molecule has 2 rings (SSSR count). The van der Waals surface area contributed by atoms with Crippen molar-refractivity contribution in [3.8, 4) is 0 Å². The van der Waals surface area contributed by atoms with Crippen molar-refractivity contribution in [2.24, 2.45) is 0 Å². The molecule has 12 heteroatoms. The van der Waals surface area contributed by atoms with Crippen LogP contribution in [0.15, 0.2) is 12.4 Å². The van der Waals surface area contributed by atoms with Crippen molar-refractivity contribution in [3.05, 3.63) is 12.4 Å². The van der Waals surface area contributed by atoms with Gasteiger partial charge in [-0.25, -0.2) is 9.36 Å². The van der Waals surface area contributed by atoms with Crippen LogP contribution in [0.25, 0.3) is 0 Å². The fourth-order valence-electron chi connectivity index (χ4n) is 1.55. The molecule has 0 radical (unpaired) electrons. The van der Waals surface area contributed by atoms with Gasteiger partial charge in [0.1, 0.15) is 11.6 Å². The largest absolute Gasteiger partial charge is 0.394 e. The number of nitrogen functional groups attached to an aromatic ring is 4. The van der Waals surface area contributed by atoms with Gasteiger partial charge in [0.25, 0.3) is 0 Å². The van der Waals surface area contributed by atoms with Crippen LogP contribution in [0.5, 0.6) is 0 Å². The predicted molar refractivity (Wildman–Crippen MR) is 95.7 cm³/mol. The molecule has 0 spiro atoms.